The Hall–Kier alpha value is -1.35. The molecule has 3 nitrogen and oxygen atoms in total. The number of aryl methyl sites for hydroxylation is 1. The zero-order chi connectivity index (χ0) is 16.0. The van der Waals surface area contributed by atoms with E-state index in [1.807, 2.05) is 12.1 Å². The van der Waals surface area contributed by atoms with E-state index >= 15 is 0 Å². The third-order valence-electron chi connectivity index (χ3n) is 6.27. The molecule has 124 valence electrons. The van der Waals surface area contributed by atoms with E-state index in [1.54, 1.807) is 0 Å². The van der Waals surface area contributed by atoms with Crippen LogP contribution >= 0.6 is 0 Å². The molecule has 4 bridgehead atoms. The maximum absolute atomic E-state index is 11.1. The van der Waals surface area contributed by atoms with Gasteiger partial charge in [-0.05, 0) is 86.5 Å². The topological polar surface area (TPSA) is 38.3 Å². The molecule has 0 unspecified atom stereocenters. The van der Waals surface area contributed by atoms with Crippen molar-refractivity contribution in [2.75, 3.05) is 0 Å². The smallest absolute Gasteiger partial charge is 0.308 e. The Balaban J connectivity index is 1.44. The van der Waals surface area contributed by atoms with Crippen LogP contribution in [0.5, 0.6) is 5.75 Å². The van der Waals surface area contributed by atoms with Gasteiger partial charge in [0.25, 0.3) is 0 Å². The second-order valence-corrected chi connectivity index (χ2v) is 8.23. The fraction of sp³-hybridized carbons (Fsp3) is 0.650. The Morgan fingerprint density at radius 1 is 1.17 bits per heavy atom. The Morgan fingerprint density at radius 3 is 2.30 bits per heavy atom. The molecule has 4 fully saturated rings. The molecular weight excluding hydrogens is 286 g/mol. The van der Waals surface area contributed by atoms with E-state index in [0.717, 1.165) is 24.3 Å². The Bertz CT molecular complexity index is 587. The Morgan fingerprint density at radius 2 is 1.78 bits per heavy atom. The molecule has 1 N–H and O–H groups in total. The van der Waals surface area contributed by atoms with Gasteiger partial charge in [-0.2, -0.15) is 0 Å². The van der Waals surface area contributed by atoms with Crippen LogP contribution in [0.1, 0.15) is 56.6 Å². The molecule has 0 saturated heterocycles. The fourth-order valence-electron chi connectivity index (χ4n) is 5.71. The number of esters is 1. The van der Waals surface area contributed by atoms with Crippen LogP contribution in [0.4, 0.5) is 0 Å². The van der Waals surface area contributed by atoms with Crippen LogP contribution in [0.15, 0.2) is 18.2 Å². The lowest BCUT2D eigenvalue weighted by Crippen LogP contribution is -2.58. The summed E-state index contributed by atoms with van der Waals surface area (Å²) in [4.78, 5) is 11.1. The molecule has 1 aromatic rings. The minimum atomic E-state index is -0.260. The molecule has 3 heteroatoms. The zero-order valence-electron chi connectivity index (χ0n) is 14.2. The highest BCUT2D eigenvalue weighted by molar-refractivity contribution is 5.69. The standard InChI is InChI=1S/C20H27NO2/c1-13-5-19(23-14(2)22)4-3-18(13)12-21-20-9-15-6-16(10-20)8-17(7-15)11-20/h3-5,15-17,21H,6-12H2,1-2H3. The van der Waals surface area contributed by atoms with E-state index in [0.29, 0.717) is 11.3 Å². The van der Waals surface area contributed by atoms with Crippen molar-refractivity contribution in [3.63, 3.8) is 0 Å². The molecule has 0 radical (unpaired) electrons. The quantitative estimate of drug-likeness (QED) is 0.675. The van der Waals surface area contributed by atoms with Gasteiger partial charge in [-0.1, -0.05) is 6.07 Å². The van der Waals surface area contributed by atoms with Crippen LogP contribution in [0.25, 0.3) is 0 Å². The molecule has 4 aliphatic rings. The number of rotatable bonds is 4. The van der Waals surface area contributed by atoms with Crippen LogP contribution in [-0.2, 0) is 11.3 Å². The molecule has 4 aliphatic carbocycles. The van der Waals surface area contributed by atoms with Crippen molar-refractivity contribution < 1.29 is 9.53 Å². The molecule has 23 heavy (non-hydrogen) atoms. The first-order valence-electron chi connectivity index (χ1n) is 9.04. The first-order valence-corrected chi connectivity index (χ1v) is 9.04. The Kier molecular flexibility index (Phi) is 3.72. The Labute approximate surface area is 138 Å². The maximum Gasteiger partial charge on any atom is 0.308 e. The second-order valence-electron chi connectivity index (χ2n) is 8.23. The number of carbonyl (C=O) groups is 1. The SMILES string of the molecule is CC(=O)Oc1ccc(CNC23CC4CC(CC(C4)C2)C3)c(C)c1. The summed E-state index contributed by atoms with van der Waals surface area (Å²) in [6.45, 7) is 4.47. The van der Waals surface area contributed by atoms with Crippen molar-refractivity contribution in [3.8, 4) is 5.75 Å². The van der Waals surface area contributed by atoms with Crippen molar-refractivity contribution in [2.24, 2.45) is 17.8 Å². The number of ether oxygens (including phenoxy) is 1. The maximum atomic E-state index is 11.1. The number of hydrogen-bond donors (Lipinski definition) is 1. The summed E-state index contributed by atoms with van der Waals surface area (Å²) in [5, 5.41) is 3.94. The van der Waals surface area contributed by atoms with Crippen LogP contribution in [0, 0.1) is 24.7 Å². The van der Waals surface area contributed by atoms with Crippen LogP contribution in [0.2, 0.25) is 0 Å². The van der Waals surface area contributed by atoms with Gasteiger partial charge < -0.3 is 10.1 Å². The van der Waals surface area contributed by atoms with Gasteiger partial charge in [-0.3, -0.25) is 4.79 Å². The molecule has 0 spiro atoms. The van der Waals surface area contributed by atoms with Crippen LogP contribution in [-0.4, -0.2) is 11.5 Å². The number of carbonyl (C=O) groups excluding carboxylic acids is 1. The van der Waals surface area contributed by atoms with Gasteiger partial charge in [0.15, 0.2) is 0 Å². The first kappa shape index (κ1) is 15.2. The van der Waals surface area contributed by atoms with E-state index in [2.05, 4.69) is 18.3 Å². The monoisotopic (exact) mass is 313 g/mol. The molecule has 0 heterocycles. The van der Waals surface area contributed by atoms with Crippen molar-refractivity contribution in [3.05, 3.63) is 29.3 Å². The van der Waals surface area contributed by atoms with Gasteiger partial charge in [0.2, 0.25) is 0 Å². The van der Waals surface area contributed by atoms with Crippen molar-refractivity contribution in [1.82, 2.24) is 5.32 Å². The van der Waals surface area contributed by atoms with Gasteiger partial charge in [0.05, 0.1) is 0 Å². The number of benzene rings is 1. The van der Waals surface area contributed by atoms with E-state index in [4.69, 9.17) is 4.74 Å². The van der Waals surface area contributed by atoms with Gasteiger partial charge in [-0.15, -0.1) is 0 Å². The molecule has 0 atom stereocenters. The predicted molar refractivity (Wildman–Crippen MR) is 90.2 cm³/mol. The highest BCUT2D eigenvalue weighted by Gasteiger charge is 2.50. The van der Waals surface area contributed by atoms with E-state index in [9.17, 15) is 4.79 Å². The summed E-state index contributed by atoms with van der Waals surface area (Å²) >= 11 is 0. The molecule has 0 aromatic heterocycles. The van der Waals surface area contributed by atoms with E-state index < -0.39 is 0 Å². The van der Waals surface area contributed by atoms with E-state index in [-0.39, 0.29) is 5.97 Å². The highest BCUT2D eigenvalue weighted by Crippen LogP contribution is 2.55. The summed E-state index contributed by atoms with van der Waals surface area (Å²) in [5.41, 5.74) is 2.91. The minimum Gasteiger partial charge on any atom is -0.427 e. The molecule has 4 saturated carbocycles. The zero-order valence-corrected chi connectivity index (χ0v) is 14.2. The lowest BCUT2D eigenvalue weighted by Gasteiger charge is -2.57. The molecule has 5 rings (SSSR count). The van der Waals surface area contributed by atoms with Gasteiger partial charge >= 0.3 is 5.97 Å². The molecule has 0 amide bonds. The van der Waals surface area contributed by atoms with Crippen LogP contribution in [0.3, 0.4) is 0 Å². The molecule has 1 aromatic carbocycles. The van der Waals surface area contributed by atoms with Gasteiger partial charge in [0, 0.05) is 19.0 Å². The summed E-state index contributed by atoms with van der Waals surface area (Å²) < 4.78 is 5.17. The summed E-state index contributed by atoms with van der Waals surface area (Å²) in [5.74, 6) is 3.31. The average molecular weight is 313 g/mol. The normalized spacial score (nSPS) is 34.6. The summed E-state index contributed by atoms with van der Waals surface area (Å²) in [6.07, 6.45) is 8.59. The second kappa shape index (κ2) is 5.62. The lowest BCUT2D eigenvalue weighted by molar-refractivity contribution is -0.131. The predicted octanol–water partition coefficient (Wildman–Crippen LogP) is 3.98. The van der Waals surface area contributed by atoms with Gasteiger partial charge in [0.1, 0.15) is 5.75 Å². The van der Waals surface area contributed by atoms with Crippen molar-refractivity contribution in [1.29, 1.82) is 0 Å². The van der Waals surface area contributed by atoms with Crippen molar-refractivity contribution in [2.45, 2.75) is 64.5 Å². The molecule has 0 aliphatic heterocycles. The summed E-state index contributed by atoms with van der Waals surface area (Å²) in [7, 11) is 0. The third-order valence-corrected chi connectivity index (χ3v) is 6.27. The largest absolute Gasteiger partial charge is 0.427 e. The van der Waals surface area contributed by atoms with Gasteiger partial charge in [-0.25, -0.2) is 0 Å². The van der Waals surface area contributed by atoms with E-state index in [1.165, 1.54) is 56.6 Å². The fourth-order valence-corrected chi connectivity index (χ4v) is 5.71. The van der Waals surface area contributed by atoms with Crippen molar-refractivity contribution >= 4 is 5.97 Å². The number of nitrogens with one attached hydrogen (secondary N) is 1. The average Bonchev–Trinajstić information content (AvgIpc) is 2.44. The lowest BCUT2D eigenvalue weighted by atomic mass is 9.53. The van der Waals surface area contributed by atoms with Crippen LogP contribution < -0.4 is 10.1 Å². The minimum absolute atomic E-state index is 0.260. The molecular formula is C20H27NO2. The summed E-state index contributed by atoms with van der Waals surface area (Å²) in [6, 6.07) is 5.98. The number of hydrogen-bond acceptors (Lipinski definition) is 3. The highest BCUT2D eigenvalue weighted by atomic mass is 16.5. The first-order chi connectivity index (χ1) is 11.0. The third kappa shape index (κ3) is 3.03.